The van der Waals surface area contributed by atoms with Gasteiger partial charge in [0.25, 0.3) is 5.91 Å². The highest BCUT2D eigenvalue weighted by atomic mass is 32.2. The van der Waals surface area contributed by atoms with Crippen LogP contribution < -0.4 is 5.32 Å². The zero-order chi connectivity index (χ0) is 26.8. The Hall–Kier alpha value is -2.31. The number of ether oxygens (including phenoxy) is 1. The molecule has 2 aromatic rings. The molecule has 2 heterocycles. The second-order valence-corrected chi connectivity index (χ2v) is 13.7. The number of benzene rings is 2. The van der Waals surface area contributed by atoms with Gasteiger partial charge in [0, 0.05) is 37.4 Å². The fourth-order valence-corrected chi connectivity index (χ4v) is 8.26. The van der Waals surface area contributed by atoms with Gasteiger partial charge in [-0.1, -0.05) is 25.0 Å². The average molecular weight is 550 g/mol. The minimum atomic E-state index is -3.82. The smallest absolute Gasteiger partial charge is 0.255 e. The molecule has 1 N–H and O–H groups in total. The molecule has 0 spiro atoms. The van der Waals surface area contributed by atoms with Crippen molar-refractivity contribution in [3.8, 4) is 0 Å². The van der Waals surface area contributed by atoms with E-state index in [1.54, 1.807) is 19.1 Å². The first-order chi connectivity index (χ1) is 17.5. The van der Waals surface area contributed by atoms with Crippen LogP contribution in [0.4, 0.5) is 5.69 Å². The van der Waals surface area contributed by atoms with E-state index in [2.05, 4.69) is 5.32 Å². The van der Waals surface area contributed by atoms with Gasteiger partial charge in [0.2, 0.25) is 20.0 Å². The number of carbonyl (C=O) groups excluding carboxylic acids is 1. The molecule has 2 atom stereocenters. The zero-order valence-corrected chi connectivity index (χ0v) is 23.1. The van der Waals surface area contributed by atoms with Gasteiger partial charge in [0.15, 0.2) is 0 Å². The summed E-state index contributed by atoms with van der Waals surface area (Å²) < 4.78 is 61.7. The second kappa shape index (κ2) is 11.2. The number of sulfonamides is 2. The quantitative estimate of drug-likeness (QED) is 0.589. The van der Waals surface area contributed by atoms with Gasteiger partial charge in [-0.05, 0) is 69.5 Å². The lowest BCUT2D eigenvalue weighted by Crippen LogP contribution is -2.48. The highest BCUT2D eigenvalue weighted by Crippen LogP contribution is 2.27. The molecule has 0 radical (unpaired) electrons. The minimum absolute atomic E-state index is 0.0230. The standard InChI is InChI=1S/C26H35N3O6S2/c1-19-11-12-23(16-25(19)37(33,34)28-13-6-4-5-7-14-28)27-26(30)22-9-8-10-24(15-22)36(31,32)29-17-20(2)35-21(3)18-29/h8-12,15-16,20-21H,4-7,13-14,17-18H2,1-3H3,(H,27,30)/t20-,21-/m0/s1. The maximum Gasteiger partial charge on any atom is 0.255 e. The lowest BCUT2D eigenvalue weighted by atomic mass is 10.2. The molecule has 0 saturated carbocycles. The van der Waals surface area contributed by atoms with E-state index in [-0.39, 0.29) is 40.7 Å². The van der Waals surface area contributed by atoms with Crippen molar-refractivity contribution in [1.29, 1.82) is 0 Å². The summed E-state index contributed by atoms with van der Waals surface area (Å²) in [6.07, 6.45) is 3.23. The Morgan fingerprint density at radius 1 is 0.865 bits per heavy atom. The van der Waals surface area contributed by atoms with E-state index in [0.29, 0.717) is 24.3 Å². The van der Waals surface area contributed by atoms with Crippen molar-refractivity contribution in [2.75, 3.05) is 31.5 Å². The van der Waals surface area contributed by atoms with E-state index in [1.165, 1.54) is 38.9 Å². The monoisotopic (exact) mass is 549 g/mol. The number of amides is 1. The summed E-state index contributed by atoms with van der Waals surface area (Å²) in [5, 5.41) is 2.74. The van der Waals surface area contributed by atoms with Crippen molar-refractivity contribution >= 4 is 31.6 Å². The fourth-order valence-electron chi connectivity index (χ4n) is 4.85. The molecule has 11 heteroatoms. The van der Waals surface area contributed by atoms with Crippen molar-refractivity contribution < 1.29 is 26.4 Å². The maximum atomic E-state index is 13.4. The van der Waals surface area contributed by atoms with E-state index in [4.69, 9.17) is 4.74 Å². The topological polar surface area (TPSA) is 113 Å². The summed E-state index contributed by atoms with van der Waals surface area (Å²) in [6, 6.07) is 10.7. The Morgan fingerprint density at radius 2 is 1.51 bits per heavy atom. The summed E-state index contributed by atoms with van der Waals surface area (Å²) in [4.78, 5) is 13.3. The van der Waals surface area contributed by atoms with E-state index < -0.39 is 26.0 Å². The van der Waals surface area contributed by atoms with Crippen LogP contribution in [0.3, 0.4) is 0 Å². The SMILES string of the molecule is Cc1ccc(NC(=O)c2cccc(S(=O)(=O)N3C[C@H](C)O[C@@H](C)C3)c2)cc1S(=O)(=O)N1CCCCCC1. The molecule has 0 unspecified atom stereocenters. The minimum Gasteiger partial charge on any atom is -0.373 e. The molecule has 202 valence electrons. The summed E-state index contributed by atoms with van der Waals surface area (Å²) in [5.41, 5.74) is 1.09. The van der Waals surface area contributed by atoms with Crippen molar-refractivity contribution in [2.24, 2.45) is 0 Å². The number of nitrogens with zero attached hydrogens (tertiary/aromatic N) is 2. The van der Waals surface area contributed by atoms with Crippen molar-refractivity contribution in [1.82, 2.24) is 8.61 Å². The molecule has 0 bridgehead atoms. The average Bonchev–Trinajstić information content (AvgIpc) is 3.15. The molecule has 2 saturated heterocycles. The largest absolute Gasteiger partial charge is 0.373 e. The van der Waals surface area contributed by atoms with Crippen LogP contribution in [0.1, 0.15) is 55.5 Å². The van der Waals surface area contributed by atoms with Gasteiger partial charge in [0.05, 0.1) is 22.0 Å². The highest BCUT2D eigenvalue weighted by molar-refractivity contribution is 7.89. The number of morpholine rings is 1. The van der Waals surface area contributed by atoms with Gasteiger partial charge >= 0.3 is 0 Å². The van der Waals surface area contributed by atoms with E-state index in [9.17, 15) is 21.6 Å². The number of rotatable bonds is 6. The van der Waals surface area contributed by atoms with Crippen LogP contribution in [0.5, 0.6) is 0 Å². The summed E-state index contributed by atoms with van der Waals surface area (Å²) in [6.45, 7) is 6.83. The molecular formula is C26H35N3O6S2. The highest BCUT2D eigenvalue weighted by Gasteiger charge is 2.32. The molecule has 9 nitrogen and oxygen atoms in total. The van der Waals surface area contributed by atoms with Crippen LogP contribution in [-0.4, -0.2) is 69.7 Å². The van der Waals surface area contributed by atoms with Crippen LogP contribution in [0.2, 0.25) is 0 Å². The number of hydrogen-bond donors (Lipinski definition) is 1. The van der Waals surface area contributed by atoms with Crippen LogP contribution in [0.25, 0.3) is 0 Å². The number of aryl methyl sites for hydroxylation is 1. The third-order valence-electron chi connectivity index (χ3n) is 6.75. The molecule has 2 aliphatic heterocycles. The Kier molecular flexibility index (Phi) is 8.39. The van der Waals surface area contributed by atoms with Gasteiger partial charge in [-0.15, -0.1) is 0 Å². The van der Waals surface area contributed by atoms with Crippen molar-refractivity contribution in [3.05, 3.63) is 53.6 Å². The van der Waals surface area contributed by atoms with Gasteiger partial charge in [0.1, 0.15) is 0 Å². The zero-order valence-electron chi connectivity index (χ0n) is 21.5. The van der Waals surface area contributed by atoms with Crippen LogP contribution in [0.15, 0.2) is 52.3 Å². The molecule has 2 aromatic carbocycles. The molecule has 2 aliphatic rings. The molecule has 2 fully saturated rings. The van der Waals surface area contributed by atoms with Gasteiger partial charge in [-0.3, -0.25) is 4.79 Å². The first kappa shape index (κ1) is 27.7. The fraction of sp³-hybridized carbons (Fsp3) is 0.500. The lowest BCUT2D eigenvalue weighted by Gasteiger charge is -2.34. The first-order valence-electron chi connectivity index (χ1n) is 12.7. The van der Waals surface area contributed by atoms with E-state index >= 15 is 0 Å². The third kappa shape index (κ3) is 6.23. The maximum absolute atomic E-state index is 13.4. The summed E-state index contributed by atoms with van der Waals surface area (Å²) in [7, 11) is -7.51. The third-order valence-corrected chi connectivity index (χ3v) is 10.6. The summed E-state index contributed by atoms with van der Waals surface area (Å²) >= 11 is 0. The summed E-state index contributed by atoms with van der Waals surface area (Å²) in [5.74, 6) is -0.525. The Morgan fingerprint density at radius 3 is 2.16 bits per heavy atom. The molecule has 1 amide bonds. The van der Waals surface area contributed by atoms with Gasteiger partial charge < -0.3 is 10.1 Å². The van der Waals surface area contributed by atoms with Crippen LogP contribution >= 0.6 is 0 Å². The molecule has 37 heavy (non-hydrogen) atoms. The number of carbonyl (C=O) groups is 1. The van der Waals surface area contributed by atoms with Crippen molar-refractivity contribution in [3.63, 3.8) is 0 Å². The predicted molar refractivity (Wildman–Crippen MR) is 142 cm³/mol. The van der Waals surface area contributed by atoms with E-state index in [0.717, 1.165) is 25.7 Å². The molecule has 4 rings (SSSR count). The molecule has 0 aliphatic carbocycles. The number of nitrogens with one attached hydrogen (secondary N) is 1. The van der Waals surface area contributed by atoms with E-state index in [1.807, 2.05) is 13.8 Å². The van der Waals surface area contributed by atoms with Crippen LogP contribution in [0, 0.1) is 6.92 Å². The molecular weight excluding hydrogens is 514 g/mol. The number of hydrogen-bond acceptors (Lipinski definition) is 6. The molecule has 0 aromatic heterocycles. The van der Waals surface area contributed by atoms with Crippen molar-refractivity contribution in [2.45, 2.75) is 68.5 Å². The van der Waals surface area contributed by atoms with Gasteiger partial charge in [-0.25, -0.2) is 16.8 Å². The van der Waals surface area contributed by atoms with Crippen LogP contribution in [-0.2, 0) is 24.8 Å². The van der Waals surface area contributed by atoms with Gasteiger partial charge in [-0.2, -0.15) is 8.61 Å². The number of anilines is 1. The predicted octanol–water partition coefficient (Wildman–Crippen LogP) is 3.61. The Bertz CT molecular complexity index is 1340. The Labute approximate surface area is 219 Å². The lowest BCUT2D eigenvalue weighted by molar-refractivity contribution is -0.0440. The second-order valence-electron chi connectivity index (χ2n) is 9.86. The first-order valence-corrected chi connectivity index (χ1v) is 15.5. The Balaban J connectivity index is 1.55. The normalized spacial score (nSPS) is 22.4.